The fourth-order valence-corrected chi connectivity index (χ4v) is 3.61. The van der Waals surface area contributed by atoms with Crippen molar-refractivity contribution >= 4 is 11.8 Å². The van der Waals surface area contributed by atoms with Gasteiger partial charge in [-0.1, -0.05) is 17.3 Å². The Kier molecular flexibility index (Phi) is 7.78. The third-order valence-electron chi connectivity index (χ3n) is 5.24. The minimum Gasteiger partial charge on any atom is -0.497 e. The molecule has 1 aromatic heterocycles. The van der Waals surface area contributed by atoms with Gasteiger partial charge in [0.2, 0.25) is 5.91 Å². The first-order valence-electron chi connectivity index (χ1n) is 10.2. The molecule has 1 unspecified atom stereocenters. The summed E-state index contributed by atoms with van der Waals surface area (Å²) in [6, 6.07) is 7.86. The van der Waals surface area contributed by atoms with Crippen LogP contribution in [0.25, 0.3) is 0 Å². The van der Waals surface area contributed by atoms with Crippen LogP contribution in [0.2, 0.25) is 0 Å². The number of carbonyl (C=O) groups is 2. The number of aryl methyl sites for hydroxylation is 1. The molecule has 30 heavy (non-hydrogen) atoms. The third kappa shape index (κ3) is 5.79. The summed E-state index contributed by atoms with van der Waals surface area (Å²) in [6.07, 6.45) is 4.68. The van der Waals surface area contributed by atoms with Gasteiger partial charge in [0.1, 0.15) is 5.75 Å². The van der Waals surface area contributed by atoms with E-state index in [2.05, 4.69) is 15.6 Å². The van der Waals surface area contributed by atoms with Gasteiger partial charge >= 0.3 is 0 Å². The molecule has 1 fully saturated rings. The number of likely N-dealkylation sites (tertiary alicyclic amines) is 1. The van der Waals surface area contributed by atoms with Crippen LogP contribution in [-0.2, 0) is 22.5 Å². The van der Waals surface area contributed by atoms with Gasteiger partial charge in [-0.3, -0.25) is 9.59 Å². The summed E-state index contributed by atoms with van der Waals surface area (Å²) in [5.41, 5.74) is 1.38. The number of hydrogen-bond acceptors (Lipinski definition) is 6. The van der Waals surface area contributed by atoms with E-state index in [4.69, 9.17) is 9.47 Å². The summed E-state index contributed by atoms with van der Waals surface area (Å²) >= 11 is 0. The monoisotopic (exact) mass is 415 g/mol. The third-order valence-corrected chi connectivity index (χ3v) is 5.24. The number of hydrogen-bond donors (Lipinski definition) is 1. The van der Waals surface area contributed by atoms with Crippen LogP contribution in [0.15, 0.2) is 30.5 Å². The lowest BCUT2D eigenvalue weighted by atomic mass is 10.1. The quantitative estimate of drug-likeness (QED) is 0.587. The summed E-state index contributed by atoms with van der Waals surface area (Å²) in [6.45, 7) is 2.15. The predicted molar refractivity (Wildman–Crippen MR) is 110 cm³/mol. The Balaban J connectivity index is 1.51. The van der Waals surface area contributed by atoms with E-state index in [0.717, 1.165) is 30.7 Å². The molecule has 1 aromatic carbocycles. The van der Waals surface area contributed by atoms with Crippen molar-refractivity contribution in [2.75, 3.05) is 33.9 Å². The van der Waals surface area contributed by atoms with E-state index in [1.165, 1.54) is 0 Å². The minimum absolute atomic E-state index is 0.0690. The van der Waals surface area contributed by atoms with E-state index in [1.54, 1.807) is 25.1 Å². The van der Waals surface area contributed by atoms with Crippen molar-refractivity contribution in [3.63, 3.8) is 0 Å². The Morgan fingerprint density at radius 3 is 2.77 bits per heavy atom. The predicted octanol–water partition coefficient (Wildman–Crippen LogP) is 1.29. The van der Waals surface area contributed by atoms with Gasteiger partial charge in [-0.25, -0.2) is 4.68 Å². The number of amides is 2. The Bertz CT molecular complexity index is 836. The molecule has 1 aliphatic heterocycles. The highest BCUT2D eigenvalue weighted by molar-refractivity contribution is 5.91. The first-order chi connectivity index (χ1) is 14.6. The first-order valence-corrected chi connectivity index (χ1v) is 10.2. The lowest BCUT2D eigenvalue weighted by molar-refractivity contribution is -0.132. The van der Waals surface area contributed by atoms with Crippen LogP contribution in [0.3, 0.4) is 0 Å². The highest BCUT2D eigenvalue weighted by Crippen LogP contribution is 2.21. The molecule has 0 bridgehead atoms. The van der Waals surface area contributed by atoms with Crippen LogP contribution in [0.4, 0.5) is 0 Å². The van der Waals surface area contributed by atoms with Crippen molar-refractivity contribution in [2.24, 2.45) is 0 Å². The Labute approximate surface area is 176 Å². The fourth-order valence-electron chi connectivity index (χ4n) is 3.61. The second-order valence-corrected chi connectivity index (χ2v) is 7.31. The molecule has 162 valence electrons. The largest absolute Gasteiger partial charge is 0.497 e. The Hall–Kier alpha value is -2.94. The van der Waals surface area contributed by atoms with Crippen molar-refractivity contribution in [3.05, 3.63) is 41.7 Å². The fraction of sp³-hybridized carbons (Fsp3) is 0.524. The van der Waals surface area contributed by atoms with Gasteiger partial charge in [-0.15, -0.1) is 5.10 Å². The summed E-state index contributed by atoms with van der Waals surface area (Å²) in [7, 11) is 3.21. The second kappa shape index (κ2) is 10.7. The molecule has 1 aliphatic rings. The molecule has 2 aromatic rings. The number of rotatable bonds is 10. The summed E-state index contributed by atoms with van der Waals surface area (Å²) in [4.78, 5) is 26.8. The normalized spacial score (nSPS) is 15.9. The molecule has 9 heteroatoms. The van der Waals surface area contributed by atoms with Crippen LogP contribution < -0.4 is 10.1 Å². The van der Waals surface area contributed by atoms with Gasteiger partial charge < -0.3 is 19.7 Å². The molecule has 3 rings (SSSR count). The lowest BCUT2D eigenvalue weighted by Gasteiger charge is -2.24. The SMILES string of the molecule is COCCNC(=O)c1cn(CC2CCCN2C(=O)CCc2ccc(OC)cc2)nn1. The van der Waals surface area contributed by atoms with Gasteiger partial charge in [0.05, 0.1) is 32.5 Å². The number of benzene rings is 1. The number of ether oxygens (including phenoxy) is 2. The molecule has 0 saturated carbocycles. The van der Waals surface area contributed by atoms with Crippen LogP contribution in [0.5, 0.6) is 5.75 Å². The first kappa shape index (κ1) is 21.8. The summed E-state index contributed by atoms with van der Waals surface area (Å²) in [5.74, 6) is 0.673. The number of nitrogens with zero attached hydrogens (tertiary/aromatic N) is 4. The maximum Gasteiger partial charge on any atom is 0.273 e. The van der Waals surface area contributed by atoms with E-state index in [-0.39, 0.29) is 23.6 Å². The Morgan fingerprint density at radius 1 is 1.23 bits per heavy atom. The molecular formula is C21H29N5O4. The van der Waals surface area contributed by atoms with Gasteiger partial charge in [0, 0.05) is 26.6 Å². The maximum atomic E-state index is 12.8. The summed E-state index contributed by atoms with van der Waals surface area (Å²) < 4.78 is 11.7. The molecule has 2 amide bonds. The maximum absolute atomic E-state index is 12.8. The topological polar surface area (TPSA) is 98.6 Å². The molecule has 0 radical (unpaired) electrons. The van der Waals surface area contributed by atoms with Gasteiger partial charge in [0.15, 0.2) is 5.69 Å². The van der Waals surface area contributed by atoms with Crippen molar-refractivity contribution < 1.29 is 19.1 Å². The Morgan fingerprint density at radius 2 is 2.03 bits per heavy atom. The van der Waals surface area contributed by atoms with Crippen molar-refractivity contribution in [2.45, 2.75) is 38.3 Å². The zero-order valence-electron chi connectivity index (χ0n) is 17.5. The highest BCUT2D eigenvalue weighted by atomic mass is 16.5. The van der Waals surface area contributed by atoms with Crippen molar-refractivity contribution in [1.82, 2.24) is 25.2 Å². The molecule has 1 saturated heterocycles. The number of carbonyl (C=O) groups excluding carboxylic acids is 2. The molecule has 0 spiro atoms. The standard InChI is InChI=1S/C21H29N5O4/c1-29-13-11-22-21(28)19-15-25(24-23-19)14-17-4-3-12-26(17)20(27)10-7-16-5-8-18(30-2)9-6-16/h5-6,8-9,15,17H,3-4,7,10-14H2,1-2H3,(H,22,28). The molecule has 0 aliphatic carbocycles. The molecule has 9 nitrogen and oxygen atoms in total. The van der Waals surface area contributed by atoms with Crippen LogP contribution in [0, 0.1) is 0 Å². The van der Waals surface area contributed by atoms with Crippen molar-refractivity contribution in [1.29, 1.82) is 0 Å². The average Bonchev–Trinajstić information content (AvgIpc) is 3.42. The molecule has 2 heterocycles. The number of nitrogens with one attached hydrogen (secondary N) is 1. The van der Waals surface area contributed by atoms with E-state index in [0.29, 0.717) is 32.5 Å². The zero-order chi connectivity index (χ0) is 21.3. The van der Waals surface area contributed by atoms with Crippen LogP contribution >= 0.6 is 0 Å². The average molecular weight is 415 g/mol. The summed E-state index contributed by atoms with van der Waals surface area (Å²) in [5, 5.41) is 10.7. The van der Waals surface area contributed by atoms with Gasteiger partial charge in [-0.2, -0.15) is 0 Å². The second-order valence-electron chi connectivity index (χ2n) is 7.31. The number of methoxy groups -OCH3 is 2. The van der Waals surface area contributed by atoms with Gasteiger partial charge in [-0.05, 0) is 37.0 Å². The van der Waals surface area contributed by atoms with Crippen molar-refractivity contribution in [3.8, 4) is 5.75 Å². The molecule has 1 atom stereocenters. The highest BCUT2D eigenvalue weighted by Gasteiger charge is 2.29. The number of aromatic nitrogens is 3. The van der Waals surface area contributed by atoms with E-state index in [9.17, 15) is 9.59 Å². The minimum atomic E-state index is -0.280. The van der Waals surface area contributed by atoms with Crippen LogP contribution in [-0.4, -0.2) is 71.7 Å². The van der Waals surface area contributed by atoms with E-state index < -0.39 is 0 Å². The zero-order valence-corrected chi connectivity index (χ0v) is 17.5. The molecular weight excluding hydrogens is 386 g/mol. The molecule has 1 N–H and O–H groups in total. The lowest BCUT2D eigenvalue weighted by Crippen LogP contribution is -2.38. The van der Waals surface area contributed by atoms with Gasteiger partial charge in [0.25, 0.3) is 5.91 Å². The smallest absolute Gasteiger partial charge is 0.273 e. The van der Waals surface area contributed by atoms with E-state index >= 15 is 0 Å². The van der Waals surface area contributed by atoms with Crippen LogP contribution in [0.1, 0.15) is 35.3 Å². The van der Waals surface area contributed by atoms with E-state index in [1.807, 2.05) is 29.2 Å².